The minimum atomic E-state index is 0.409. The predicted octanol–water partition coefficient (Wildman–Crippen LogP) is 9.50. The monoisotopic (exact) mass is 570 g/mol. The lowest BCUT2D eigenvalue weighted by molar-refractivity contribution is -0.00518. The third-order valence-corrected chi connectivity index (χ3v) is 10.0. The van der Waals surface area contributed by atoms with Crippen LogP contribution in [0.15, 0.2) is 91.1 Å². The number of aromatic nitrogens is 4. The Labute approximate surface area is 257 Å². The summed E-state index contributed by atoms with van der Waals surface area (Å²) in [5.41, 5.74) is 7.57. The first kappa shape index (κ1) is 26.4. The molecule has 212 valence electrons. The van der Waals surface area contributed by atoms with Crippen molar-refractivity contribution in [1.29, 1.82) is 0 Å². The summed E-state index contributed by atoms with van der Waals surface area (Å²) in [6, 6.07) is 28.5. The summed E-state index contributed by atoms with van der Waals surface area (Å²) in [7, 11) is 0. The van der Waals surface area contributed by atoms with E-state index in [2.05, 4.69) is 63.2 Å². The number of rotatable bonds is 5. The molecule has 0 atom stereocenters. The van der Waals surface area contributed by atoms with Crippen LogP contribution >= 0.6 is 0 Å². The highest BCUT2D eigenvalue weighted by Gasteiger charge is 2.51. The van der Waals surface area contributed by atoms with Crippen LogP contribution in [-0.4, -0.2) is 19.9 Å². The Hall–Kier alpha value is -5.20. The Bertz CT molecular complexity index is 1820. The maximum absolute atomic E-state index is 7.27. The number of pyridine rings is 1. The van der Waals surface area contributed by atoms with Gasteiger partial charge in [0.05, 0.1) is 13.1 Å². The van der Waals surface area contributed by atoms with Gasteiger partial charge in [0.15, 0.2) is 23.2 Å². The van der Waals surface area contributed by atoms with Gasteiger partial charge in [-0.25, -0.2) is 24.6 Å². The van der Waals surface area contributed by atoms with Gasteiger partial charge in [0, 0.05) is 17.3 Å². The largest absolute Gasteiger partial charge is 0.264 e. The Kier molecular flexibility index (Phi) is 6.31. The lowest BCUT2D eigenvalue weighted by Gasteiger charge is -2.57. The summed E-state index contributed by atoms with van der Waals surface area (Å²) >= 11 is 0. The topological polar surface area (TPSA) is 60.3 Å². The van der Waals surface area contributed by atoms with Crippen LogP contribution in [0.4, 0.5) is 11.4 Å². The zero-order valence-corrected chi connectivity index (χ0v) is 24.3. The van der Waals surface area contributed by atoms with Crippen molar-refractivity contribution >= 4 is 11.4 Å². The summed E-state index contributed by atoms with van der Waals surface area (Å²) in [4.78, 5) is 25.7. The van der Waals surface area contributed by atoms with Crippen LogP contribution in [0.1, 0.15) is 44.1 Å². The molecule has 0 N–H and O–H groups in total. The smallest absolute Gasteiger partial charge is 0.205 e. The molecule has 6 nitrogen and oxygen atoms in total. The molecule has 6 heteroatoms. The Balaban J connectivity index is 1.10. The van der Waals surface area contributed by atoms with E-state index in [1.807, 2.05) is 12.1 Å². The molecule has 44 heavy (non-hydrogen) atoms. The van der Waals surface area contributed by atoms with E-state index in [9.17, 15) is 0 Å². The van der Waals surface area contributed by atoms with E-state index in [1.54, 1.807) is 29.8 Å². The van der Waals surface area contributed by atoms with Gasteiger partial charge in [-0.3, -0.25) is 4.98 Å². The zero-order valence-electron chi connectivity index (χ0n) is 24.3. The van der Waals surface area contributed by atoms with Crippen LogP contribution in [0.3, 0.4) is 0 Å². The molecule has 0 radical (unpaired) electrons. The average Bonchev–Trinajstić information content (AvgIpc) is 3.08. The van der Waals surface area contributed by atoms with E-state index in [4.69, 9.17) is 28.1 Å². The summed E-state index contributed by atoms with van der Waals surface area (Å²) in [6.07, 6.45) is 10.1. The third-order valence-electron chi connectivity index (χ3n) is 10.0. The van der Waals surface area contributed by atoms with Gasteiger partial charge < -0.3 is 0 Å². The molecule has 0 aliphatic heterocycles. The van der Waals surface area contributed by atoms with Gasteiger partial charge >= 0.3 is 0 Å². The molecule has 9 rings (SSSR count). The van der Waals surface area contributed by atoms with Crippen molar-refractivity contribution in [1.82, 2.24) is 19.9 Å². The second kappa shape index (κ2) is 10.5. The lowest BCUT2D eigenvalue weighted by Crippen LogP contribution is -2.48. The summed E-state index contributed by atoms with van der Waals surface area (Å²) < 4.78 is 0. The minimum absolute atomic E-state index is 0.409. The molecule has 0 saturated heterocycles. The lowest BCUT2D eigenvalue weighted by atomic mass is 9.48. The van der Waals surface area contributed by atoms with Gasteiger partial charge in [-0.15, -0.1) is 0 Å². The van der Waals surface area contributed by atoms with E-state index in [0.29, 0.717) is 40.0 Å². The predicted molar refractivity (Wildman–Crippen MR) is 172 cm³/mol. The number of hydrogen-bond acceptors (Lipinski definition) is 4. The highest BCUT2D eigenvalue weighted by molar-refractivity contribution is 5.71. The summed E-state index contributed by atoms with van der Waals surface area (Å²) in [5, 5.41) is 0. The summed E-state index contributed by atoms with van der Waals surface area (Å²) in [6.45, 7) is 14.5. The first-order valence-electron chi connectivity index (χ1n) is 15.4. The van der Waals surface area contributed by atoms with Crippen LogP contribution in [-0.2, 0) is 5.41 Å². The molecule has 4 aliphatic rings. The maximum Gasteiger partial charge on any atom is 0.205 e. The van der Waals surface area contributed by atoms with Crippen LogP contribution in [0.2, 0.25) is 0 Å². The number of hydrogen-bond donors (Lipinski definition) is 0. The molecule has 2 heterocycles. The van der Waals surface area contributed by atoms with Crippen LogP contribution in [0, 0.1) is 30.9 Å². The molecule has 4 bridgehead atoms. The van der Waals surface area contributed by atoms with Crippen molar-refractivity contribution in [3.8, 4) is 45.4 Å². The van der Waals surface area contributed by atoms with Gasteiger partial charge in [-0.2, -0.15) is 0 Å². The second-order valence-electron chi connectivity index (χ2n) is 12.8. The Morgan fingerprint density at radius 1 is 0.523 bits per heavy atom. The zero-order chi connectivity index (χ0) is 29.7. The summed E-state index contributed by atoms with van der Waals surface area (Å²) in [5.74, 6) is 4.30. The molecule has 4 aliphatic carbocycles. The maximum atomic E-state index is 7.27. The molecule has 0 spiro atoms. The number of nitrogens with zero attached hydrogens (tertiary/aromatic N) is 6. The molecule has 4 saturated carbocycles. The van der Waals surface area contributed by atoms with Crippen molar-refractivity contribution in [3.63, 3.8) is 0 Å². The molecule has 0 unspecified atom stereocenters. The van der Waals surface area contributed by atoms with Crippen LogP contribution in [0.5, 0.6) is 0 Å². The van der Waals surface area contributed by atoms with Gasteiger partial charge in [-0.1, -0.05) is 78.9 Å². The fourth-order valence-corrected chi connectivity index (χ4v) is 8.31. The molecular weight excluding hydrogens is 540 g/mol. The fourth-order valence-electron chi connectivity index (χ4n) is 8.31. The van der Waals surface area contributed by atoms with E-state index in [1.165, 1.54) is 50.3 Å². The van der Waals surface area contributed by atoms with E-state index in [-0.39, 0.29) is 0 Å². The van der Waals surface area contributed by atoms with Gasteiger partial charge in [-0.05, 0) is 84.5 Å². The molecule has 2 aromatic heterocycles. The molecular formula is C38H30N6. The molecule has 3 aromatic carbocycles. The normalized spacial score (nSPS) is 23.2. The standard InChI is InChI=1S/C38H30N6/c1-39-32-13-9-30(10-14-32)36-42-35(43-37(44-36)34-16-15-33(40-2)23-41-34)29-5-3-27(4-6-29)28-7-11-31(12-8-28)38-20-24-17-25(21-38)19-26(18-24)22-38/h3-16,23-26H,17-22H2. The fraction of sp³-hybridized carbons (Fsp3) is 0.263. The van der Waals surface area contributed by atoms with Crippen molar-refractivity contribution in [3.05, 3.63) is 120 Å². The van der Waals surface area contributed by atoms with Gasteiger partial charge in [0.2, 0.25) is 5.69 Å². The van der Waals surface area contributed by atoms with Crippen LogP contribution < -0.4 is 0 Å². The van der Waals surface area contributed by atoms with Crippen molar-refractivity contribution in [2.24, 2.45) is 17.8 Å². The van der Waals surface area contributed by atoms with E-state index in [0.717, 1.165) is 34.4 Å². The molecule has 5 aromatic rings. The SMILES string of the molecule is [C-]#[N+]c1ccc(-c2nc(-c3ccc(-c4ccc(C56CC7CC(CC(C7)C5)C6)cc4)cc3)nc(-c3ccc([N+]#[C-])cn3)n2)cc1. The van der Waals surface area contributed by atoms with Crippen molar-refractivity contribution in [2.45, 2.75) is 43.9 Å². The quantitative estimate of drug-likeness (QED) is 0.197. The van der Waals surface area contributed by atoms with Gasteiger partial charge in [0.1, 0.15) is 5.69 Å². The minimum Gasteiger partial charge on any atom is -0.264 e. The Morgan fingerprint density at radius 3 is 1.48 bits per heavy atom. The van der Waals surface area contributed by atoms with Crippen molar-refractivity contribution < 1.29 is 0 Å². The third kappa shape index (κ3) is 4.74. The molecule has 0 amide bonds. The van der Waals surface area contributed by atoms with E-state index < -0.39 is 0 Å². The number of benzene rings is 3. The Morgan fingerprint density at radius 2 is 0.977 bits per heavy atom. The first-order chi connectivity index (χ1) is 21.6. The first-order valence-corrected chi connectivity index (χ1v) is 15.4. The highest BCUT2D eigenvalue weighted by atomic mass is 15.0. The highest BCUT2D eigenvalue weighted by Crippen LogP contribution is 2.60. The van der Waals surface area contributed by atoms with Crippen LogP contribution in [0.25, 0.3) is 55.1 Å². The molecule has 4 fully saturated rings. The van der Waals surface area contributed by atoms with E-state index >= 15 is 0 Å². The van der Waals surface area contributed by atoms with Gasteiger partial charge in [0.25, 0.3) is 0 Å². The second-order valence-corrected chi connectivity index (χ2v) is 12.8. The average molecular weight is 571 g/mol. The van der Waals surface area contributed by atoms with Crippen molar-refractivity contribution in [2.75, 3.05) is 0 Å².